The van der Waals surface area contributed by atoms with E-state index in [0.717, 1.165) is 22.5 Å². The summed E-state index contributed by atoms with van der Waals surface area (Å²) in [6, 6.07) is 13.1. The van der Waals surface area contributed by atoms with E-state index >= 15 is 0 Å². The predicted octanol–water partition coefficient (Wildman–Crippen LogP) is 4.21. The summed E-state index contributed by atoms with van der Waals surface area (Å²) in [4.78, 5) is 0. The summed E-state index contributed by atoms with van der Waals surface area (Å²) in [6.07, 6.45) is 0. The Morgan fingerprint density at radius 3 is 2.68 bits per heavy atom. The molecule has 0 bridgehead atoms. The van der Waals surface area contributed by atoms with Crippen LogP contribution in [0.25, 0.3) is 10.9 Å². The highest BCUT2D eigenvalue weighted by Crippen LogP contribution is 2.36. The average Bonchev–Trinajstić information content (AvgIpc) is 3.33. The molecule has 4 rings (SSSR count). The van der Waals surface area contributed by atoms with Crippen molar-refractivity contribution in [2.24, 2.45) is 5.73 Å². The molecule has 0 atom stereocenters. The van der Waals surface area contributed by atoms with Crippen LogP contribution in [0.15, 0.2) is 52.7 Å². The zero-order chi connectivity index (χ0) is 22.2. The van der Waals surface area contributed by atoms with Gasteiger partial charge >= 0.3 is 0 Å². The third-order valence-corrected chi connectivity index (χ3v) is 7.69. The number of methoxy groups -OCH3 is 1. The maximum Gasteiger partial charge on any atom is 0.272 e. The molecule has 0 aliphatic rings. The van der Waals surface area contributed by atoms with Crippen LogP contribution in [0, 0.1) is 5.82 Å². The van der Waals surface area contributed by atoms with E-state index in [0.29, 0.717) is 16.6 Å². The highest BCUT2D eigenvalue weighted by Gasteiger charge is 2.24. The number of benzene rings is 2. The first-order valence-corrected chi connectivity index (χ1v) is 11.8. The van der Waals surface area contributed by atoms with Gasteiger partial charge < -0.3 is 10.5 Å². The van der Waals surface area contributed by atoms with Crippen molar-refractivity contribution in [1.82, 2.24) is 9.78 Å². The van der Waals surface area contributed by atoms with Crippen molar-refractivity contribution in [2.45, 2.75) is 17.3 Å². The molecular formula is C20H18ClFN4O3S2. The molecule has 7 nitrogen and oxygen atoms in total. The number of nitrogens with zero attached hydrogens (tertiary/aromatic N) is 2. The number of nitrogens with two attached hydrogens (primary N) is 1. The largest absolute Gasteiger partial charge is 0.496 e. The Labute approximate surface area is 187 Å². The fourth-order valence-corrected chi connectivity index (χ4v) is 5.75. The highest BCUT2D eigenvalue weighted by molar-refractivity contribution is 7.94. The zero-order valence-electron chi connectivity index (χ0n) is 16.3. The van der Waals surface area contributed by atoms with Crippen LogP contribution in [-0.4, -0.2) is 25.3 Å². The summed E-state index contributed by atoms with van der Waals surface area (Å²) in [5, 5.41) is 4.60. The molecule has 0 fully saturated rings. The van der Waals surface area contributed by atoms with Crippen LogP contribution in [0.3, 0.4) is 0 Å². The molecule has 4 aromatic rings. The van der Waals surface area contributed by atoms with Gasteiger partial charge in [-0.25, -0.2) is 12.8 Å². The number of hydrogen-bond acceptors (Lipinski definition) is 6. The second kappa shape index (κ2) is 8.46. The molecule has 0 saturated heterocycles. The lowest BCUT2D eigenvalue weighted by atomic mass is 10.1. The normalized spacial score (nSPS) is 11.7. The standard InChI is InChI=1S/C20H18ClFN4O3S2/c1-29-15-6-5-14(22)19-18(15)20(25-31(27,28)17-8-7-16(21)30-17)24-26(19)11-13-4-2-3-12(9-13)10-23/h2-9H,10-11,23H2,1H3,(H,24,25). The smallest absolute Gasteiger partial charge is 0.272 e. The van der Waals surface area contributed by atoms with E-state index in [2.05, 4.69) is 9.82 Å². The van der Waals surface area contributed by atoms with Crippen LogP contribution in [0.5, 0.6) is 5.75 Å². The SMILES string of the molecule is COc1ccc(F)c2c1c(NS(=O)(=O)c1ccc(Cl)s1)nn2Cc1cccc(CN)c1. The Balaban J connectivity index is 1.84. The fourth-order valence-electron chi connectivity index (χ4n) is 3.25. The van der Waals surface area contributed by atoms with Gasteiger partial charge in [-0.1, -0.05) is 35.9 Å². The molecule has 2 aromatic heterocycles. The number of anilines is 1. The molecule has 162 valence electrons. The Morgan fingerprint density at radius 2 is 2.00 bits per heavy atom. The summed E-state index contributed by atoms with van der Waals surface area (Å²) < 4.78 is 50.1. The lowest BCUT2D eigenvalue weighted by Crippen LogP contribution is -2.12. The van der Waals surface area contributed by atoms with E-state index < -0.39 is 15.8 Å². The Bertz CT molecular complexity index is 1370. The second-order valence-corrected chi connectivity index (χ2v) is 10.3. The van der Waals surface area contributed by atoms with Gasteiger partial charge in [0.25, 0.3) is 10.0 Å². The maximum absolute atomic E-state index is 14.9. The number of ether oxygens (including phenoxy) is 1. The molecule has 3 N–H and O–H groups in total. The van der Waals surface area contributed by atoms with E-state index in [9.17, 15) is 12.8 Å². The lowest BCUT2D eigenvalue weighted by molar-refractivity contribution is 0.419. The average molecular weight is 481 g/mol. The van der Waals surface area contributed by atoms with Crippen molar-refractivity contribution in [1.29, 1.82) is 0 Å². The molecule has 11 heteroatoms. The molecule has 0 saturated carbocycles. The fraction of sp³-hybridized carbons (Fsp3) is 0.150. The third kappa shape index (κ3) is 4.24. The lowest BCUT2D eigenvalue weighted by Gasteiger charge is -2.07. The van der Waals surface area contributed by atoms with Crippen LogP contribution in [-0.2, 0) is 23.1 Å². The van der Waals surface area contributed by atoms with Gasteiger partial charge in [-0.15, -0.1) is 11.3 Å². The molecule has 0 radical (unpaired) electrons. The number of aromatic nitrogens is 2. The number of nitrogens with one attached hydrogen (secondary N) is 1. The monoisotopic (exact) mass is 480 g/mol. The topological polar surface area (TPSA) is 99.2 Å². The summed E-state index contributed by atoms with van der Waals surface area (Å²) in [7, 11) is -2.56. The Kier molecular flexibility index (Phi) is 5.89. The number of rotatable bonds is 7. The first-order valence-electron chi connectivity index (χ1n) is 9.11. The van der Waals surface area contributed by atoms with Crippen molar-refractivity contribution in [3.05, 3.63) is 69.8 Å². The van der Waals surface area contributed by atoms with Gasteiger partial charge in [0.1, 0.15) is 21.3 Å². The predicted molar refractivity (Wildman–Crippen MR) is 120 cm³/mol. The zero-order valence-corrected chi connectivity index (χ0v) is 18.7. The highest BCUT2D eigenvalue weighted by atomic mass is 35.5. The van der Waals surface area contributed by atoms with Crippen LogP contribution in [0.4, 0.5) is 10.2 Å². The summed E-state index contributed by atoms with van der Waals surface area (Å²) in [5.74, 6) is -0.297. The Morgan fingerprint density at radius 1 is 1.23 bits per heavy atom. The summed E-state index contributed by atoms with van der Waals surface area (Å²) in [5.41, 5.74) is 7.60. The van der Waals surface area contributed by atoms with Crippen molar-refractivity contribution in [2.75, 3.05) is 11.8 Å². The molecule has 0 spiro atoms. The number of thiophene rings is 1. The molecule has 31 heavy (non-hydrogen) atoms. The molecular weight excluding hydrogens is 463 g/mol. The van der Waals surface area contributed by atoms with Gasteiger partial charge in [-0.05, 0) is 35.4 Å². The number of fused-ring (bicyclic) bond motifs is 1. The van der Waals surface area contributed by atoms with Crippen LogP contribution in [0.1, 0.15) is 11.1 Å². The van der Waals surface area contributed by atoms with E-state index in [-0.39, 0.29) is 27.5 Å². The maximum atomic E-state index is 14.9. The summed E-state index contributed by atoms with van der Waals surface area (Å²) >= 11 is 6.79. The minimum Gasteiger partial charge on any atom is -0.496 e. The van der Waals surface area contributed by atoms with Gasteiger partial charge in [0, 0.05) is 6.54 Å². The quantitative estimate of drug-likeness (QED) is 0.413. The van der Waals surface area contributed by atoms with E-state index in [4.69, 9.17) is 22.1 Å². The molecule has 0 amide bonds. The van der Waals surface area contributed by atoms with E-state index in [1.54, 1.807) is 0 Å². The van der Waals surface area contributed by atoms with Crippen LogP contribution < -0.4 is 15.2 Å². The molecule has 2 aromatic carbocycles. The minimum absolute atomic E-state index is 0.0196. The van der Waals surface area contributed by atoms with E-state index in [1.807, 2.05) is 24.3 Å². The van der Waals surface area contributed by atoms with Gasteiger partial charge in [0.05, 0.1) is 23.4 Å². The molecule has 0 unspecified atom stereocenters. The van der Waals surface area contributed by atoms with E-state index in [1.165, 1.54) is 36.1 Å². The van der Waals surface area contributed by atoms with Gasteiger partial charge in [-0.2, -0.15) is 5.10 Å². The molecule has 0 aliphatic heterocycles. The van der Waals surface area contributed by atoms with Crippen molar-refractivity contribution in [3.63, 3.8) is 0 Å². The second-order valence-electron chi connectivity index (χ2n) is 6.67. The van der Waals surface area contributed by atoms with Crippen LogP contribution >= 0.6 is 22.9 Å². The van der Waals surface area contributed by atoms with Crippen molar-refractivity contribution >= 4 is 49.7 Å². The van der Waals surface area contributed by atoms with Gasteiger partial charge in [0.2, 0.25) is 0 Å². The Hall–Kier alpha value is -2.66. The van der Waals surface area contributed by atoms with Crippen LogP contribution in [0.2, 0.25) is 4.34 Å². The first kappa shape index (κ1) is 21.6. The molecule has 2 heterocycles. The number of halogens is 2. The minimum atomic E-state index is -3.98. The van der Waals surface area contributed by atoms with Crippen molar-refractivity contribution < 1.29 is 17.5 Å². The number of sulfonamides is 1. The number of hydrogen-bond donors (Lipinski definition) is 2. The van der Waals surface area contributed by atoms with Crippen molar-refractivity contribution in [3.8, 4) is 5.75 Å². The summed E-state index contributed by atoms with van der Waals surface area (Å²) in [6.45, 7) is 0.575. The first-order chi connectivity index (χ1) is 14.8. The molecule has 0 aliphatic carbocycles. The third-order valence-electron chi connectivity index (χ3n) is 4.63. The van der Waals surface area contributed by atoms with Gasteiger partial charge in [0.15, 0.2) is 5.82 Å². The van der Waals surface area contributed by atoms with Gasteiger partial charge in [-0.3, -0.25) is 9.40 Å².